The Balaban J connectivity index is 1.47. The van der Waals surface area contributed by atoms with Gasteiger partial charge in [0.25, 0.3) is 0 Å². The summed E-state index contributed by atoms with van der Waals surface area (Å²) in [6.45, 7) is 9.32. The number of nitrogens with zero attached hydrogens (tertiary/aromatic N) is 4. The number of aliphatic imine (C=N–C) groups is 1. The number of aryl methyl sites for hydroxylation is 2. The van der Waals surface area contributed by atoms with Crippen LogP contribution in [0.5, 0.6) is 0 Å². The van der Waals surface area contributed by atoms with E-state index >= 15 is 0 Å². The number of para-hydroxylation sites is 2. The summed E-state index contributed by atoms with van der Waals surface area (Å²) in [5.41, 5.74) is 2.27. The van der Waals surface area contributed by atoms with Gasteiger partial charge in [0.05, 0.1) is 17.6 Å². The molecule has 0 atom stereocenters. The van der Waals surface area contributed by atoms with Crippen LogP contribution in [-0.2, 0) is 11.3 Å². The number of rotatable bonds is 10. The van der Waals surface area contributed by atoms with Crippen molar-refractivity contribution in [3.8, 4) is 0 Å². The first kappa shape index (κ1) is 19.7. The summed E-state index contributed by atoms with van der Waals surface area (Å²) in [5, 5.41) is 3.38. The molecule has 1 saturated carbocycles. The summed E-state index contributed by atoms with van der Waals surface area (Å²) >= 11 is 0. The van der Waals surface area contributed by atoms with Crippen LogP contribution in [0.3, 0.4) is 0 Å². The fraction of sp³-hybridized carbons (Fsp3) is 0.619. The molecule has 2 aromatic rings. The van der Waals surface area contributed by atoms with Crippen molar-refractivity contribution in [3.05, 3.63) is 30.1 Å². The second-order valence-electron chi connectivity index (χ2n) is 7.33. The van der Waals surface area contributed by atoms with E-state index in [9.17, 15) is 0 Å². The lowest BCUT2D eigenvalue weighted by Crippen LogP contribution is -2.40. The number of likely N-dealkylation sites (N-methyl/N-ethyl adjacent to an activating group) is 1. The summed E-state index contributed by atoms with van der Waals surface area (Å²) in [5.74, 6) is 2.84. The van der Waals surface area contributed by atoms with Crippen LogP contribution >= 0.6 is 0 Å². The molecule has 1 aromatic heterocycles. The van der Waals surface area contributed by atoms with Crippen LogP contribution in [0.2, 0.25) is 0 Å². The van der Waals surface area contributed by atoms with Crippen LogP contribution in [-0.4, -0.2) is 60.3 Å². The number of fused-ring (bicyclic) bond motifs is 1. The average Bonchev–Trinajstić information content (AvgIpc) is 3.44. The molecule has 1 aliphatic carbocycles. The molecule has 0 spiro atoms. The summed E-state index contributed by atoms with van der Waals surface area (Å²) in [4.78, 5) is 11.6. The van der Waals surface area contributed by atoms with E-state index in [4.69, 9.17) is 9.73 Å². The molecular formula is C21H33N5O. The minimum absolute atomic E-state index is 0.762. The van der Waals surface area contributed by atoms with Crippen molar-refractivity contribution >= 4 is 17.0 Å². The van der Waals surface area contributed by atoms with Crippen molar-refractivity contribution in [2.75, 3.05) is 39.9 Å². The first-order valence-electron chi connectivity index (χ1n) is 10.2. The lowest BCUT2D eigenvalue weighted by molar-refractivity contribution is 0.115. The van der Waals surface area contributed by atoms with E-state index in [2.05, 4.69) is 58.9 Å². The molecule has 27 heavy (non-hydrogen) atoms. The molecule has 3 rings (SSSR count). The smallest absolute Gasteiger partial charge is 0.193 e. The Labute approximate surface area is 162 Å². The van der Waals surface area contributed by atoms with E-state index in [1.54, 1.807) is 0 Å². The van der Waals surface area contributed by atoms with Crippen LogP contribution in [0.1, 0.15) is 32.0 Å². The standard InChI is InChI=1S/C21H33N5O/c1-4-22-21(25(3)14-15-27-16-18-10-11-18)23-12-7-13-26-17(2)24-19-8-5-6-9-20(19)26/h5-6,8-9,18H,4,7,10-16H2,1-3H3,(H,22,23). The highest BCUT2D eigenvalue weighted by Crippen LogP contribution is 2.28. The Morgan fingerprint density at radius 2 is 2.19 bits per heavy atom. The van der Waals surface area contributed by atoms with Gasteiger partial charge in [-0.25, -0.2) is 4.98 Å². The Hall–Kier alpha value is -2.08. The Morgan fingerprint density at radius 3 is 2.96 bits per heavy atom. The summed E-state index contributed by atoms with van der Waals surface area (Å²) in [7, 11) is 2.08. The molecule has 6 nitrogen and oxygen atoms in total. The van der Waals surface area contributed by atoms with Crippen LogP contribution in [0.15, 0.2) is 29.3 Å². The number of imidazole rings is 1. The molecule has 0 aliphatic heterocycles. The zero-order chi connectivity index (χ0) is 19.1. The minimum Gasteiger partial charge on any atom is -0.379 e. The predicted molar refractivity (Wildman–Crippen MR) is 111 cm³/mol. The third-order valence-corrected chi connectivity index (χ3v) is 4.96. The van der Waals surface area contributed by atoms with Gasteiger partial charge in [-0.15, -0.1) is 0 Å². The van der Waals surface area contributed by atoms with Gasteiger partial charge in [0.1, 0.15) is 5.82 Å². The van der Waals surface area contributed by atoms with E-state index in [0.29, 0.717) is 0 Å². The Morgan fingerprint density at radius 1 is 1.37 bits per heavy atom. The highest BCUT2D eigenvalue weighted by molar-refractivity contribution is 5.79. The van der Waals surface area contributed by atoms with Crippen molar-refractivity contribution in [2.24, 2.45) is 10.9 Å². The normalized spacial score (nSPS) is 14.7. The number of ether oxygens (including phenoxy) is 1. The van der Waals surface area contributed by atoms with Gasteiger partial charge < -0.3 is 19.5 Å². The summed E-state index contributed by atoms with van der Waals surface area (Å²) in [6, 6.07) is 8.32. The molecule has 1 fully saturated rings. The second-order valence-corrected chi connectivity index (χ2v) is 7.33. The minimum atomic E-state index is 0.762. The highest BCUT2D eigenvalue weighted by atomic mass is 16.5. The van der Waals surface area contributed by atoms with Gasteiger partial charge in [-0.2, -0.15) is 0 Å². The third kappa shape index (κ3) is 5.70. The Bertz CT molecular complexity index is 750. The van der Waals surface area contributed by atoms with Crippen molar-refractivity contribution in [1.82, 2.24) is 19.8 Å². The van der Waals surface area contributed by atoms with Crippen LogP contribution < -0.4 is 5.32 Å². The number of benzene rings is 1. The molecule has 0 radical (unpaired) electrons. The lowest BCUT2D eigenvalue weighted by Gasteiger charge is -2.22. The zero-order valence-corrected chi connectivity index (χ0v) is 16.9. The third-order valence-electron chi connectivity index (χ3n) is 4.96. The molecule has 1 aliphatic rings. The van der Waals surface area contributed by atoms with E-state index < -0.39 is 0 Å². The van der Waals surface area contributed by atoms with Crippen LogP contribution in [0.25, 0.3) is 11.0 Å². The summed E-state index contributed by atoms with van der Waals surface area (Å²) < 4.78 is 8.04. The first-order chi connectivity index (χ1) is 13.2. The molecule has 148 valence electrons. The van der Waals surface area contributed by atoms with Gasteiger partial charge in [-0.3, -0.25) is 4.99 Å². The molecule has 0 saturated heterocycles. The van der Waals surface area contributed by atoms with E-state index in [0.717, 1.165) is 69.0 Å². The van der Waals surface area contributed by atoms with E-state index in [1.807, 2.05) is 6.07 Å². The lowest BCUT2D eigenvalue weighted by atomic mass is 10.3. The maximum absolute atomic E-state index is 5.75. The van der Waals surface area contributed by atoms with Crippen molar-refractivity contribution < 1.29 is 4.74 Å². The highest BCUT2D eigenvalue weighted by Gasteiger charge is 2.21. The largest absolute Gasteiger partial charge is 0.379 e. The molecule has 0 amide bonds. The monoisotopic (exact) mass is 371 g/mol. The number of hydrogen-bond donors (Lipinski definition) is 1. The average molecular weight is 372 g/mol. The van der Waals surface area contributed by atoms with E-state index in [-0.39, 0.29) is 0 Å². The SMILES string of the molecule is CCNC(=NCCCn1c(C)nc2ccccc21)N(C)CCOCC1CC1. The molecule has 1 heterocycles. The van der Waals surface area contributed by atoms with Gasteiger partial charge in [-0.05, 0) is 51.2 Å². The summed E-state index contributed by atoms with van der Waals surface area (Å²) in [6.07, 6.45) is 3.67. The van der Waals surface area contributed by atoms with Crippen molar-refractivity contribution in [1.29, 1.82) is 0 Å². The fourth-order valence-corrected chi connectivity index (χ4v) is 3.20. The second kappa shape index (κ2) is 9.74. The number of guanidine groups is 1. The molecular weight excluding hydrogens is 338 g/mol. The fourth-order valence-electron chi connectivity index (χ4n) is 3.20. The first-order valence-corrected chi connectivity index (χ1v) is 10.2. The number of aromatic nitrogens is 2. The maximum atomic E-state index is 5.75. The molecule has 1 aromatic carbocycles. The quantitative estimate of drug-likeness (QED) is 0.396. The molecule has 0 bridgehead atoms. The number of hydrogen-bond acceptors (Lipinski definition) is 3. The van der Waals surface area contributed by atoms with E-state index in [1.165, 1.54) is 18.4 Å². The maximum Gasteiger partial charge on any atom is 0.193 e. The topological polar surface area (TPSA) is 54.7 Å². The molecule has 0 unspecified atom stereocenters. The van der Waals surface area contributed by atoms with Gasteiger partial charge >= 0.3 is 0 Å². The van der Waals surface area contributed by atoms with Crippen molar-refractivity contribution in [3.63, 3.8) is 0 Å². The zero-order valence-electron chi connectivity index (χ0n) is 16.9. The van der Waals surface area contributed by atoms with Gasteiger partial charge in [0.2, 0.25) is 0 Å². The molecule has 6 heteroatoms. The van der Waals surface area contributed by atoms with Crippen LogP contribution in [0, 0.1) is 12.8 Å². The molecule has 1 N–H and O–H groups in total. The van der Waals surface area contributed by atoms with Crippen molar-refractivity contribution in [2.45, 2.75) is 39.7 Å². The number of nitrogens with one attached hydrogen (secondary N) is 1. The predicted octanol–water partition coefficient (Wildman–Crippen LogP) is 3.06. The van der Waals surface area contributed by atoms with Gasteiger partial charge in [0.15, 0.2) is 5.96 Å². The van der Waals surface area contributed by atoms with Crippen LogP contribution in [0.4, 0.5) is 0 Å². The van der Waals surface area contributed by atoms with Gasteiger partial charge in [0, 0.05) is 39.8 Å². The van der Waals surface area contributed by atoms with Gasteiger partial charge in [-0.1, -0.05) is 12.1 Å². The Kier molecular flexibility index (Phi) is 7.10.